The third kappa shape index (κ3) is 1.37. The van der Waals surface area contributed by atoms with E-state index in [1.807, 2.05) is 6.92 Å². The summed E-state index contributed by atoms with van der Waals surface area (Å²) in [5, 5.41) is 21.1. The Labute approximate surface area is 59.2 Å². The lowest BCUT2D eigenvalue weighted by Crippen LogP contribution is -2.28. The maximum absolute atomic E-state index is 8.63. The average Bonchev–Trinajstić information content (AvgIpc) is 2.34. The van der Waals surface area contributed by atoms with Crippen molar-refractivity contribution in [2.45, 2.75) is 13.5 Å². The zero-order valence-electron chi connectivity index (χ0n) is 5.73. The Kier molecular flexibility index (Phi) is 2.08. The Balaban J connectivity index is 2.78. The van der Waals surface area contributed by atoms with E-state index < -0.39 is 7.12 Å². The fraction of sp³-hybridized carbons (Fsp3) is 0.400. The van der Waals surface area contributed by atoms with E-state index >= 15 is 0 Å². The molecular formula is C5H9BN2O2. The van der Waals surface area contributed by atoms with Gasteiger partial charge in [-0.15, -0.1) is 0 Å². The molecule has 0 aliphatic carbocycles. The molecule has 1 aromatic heterocycles. The Bertz CT molecular complexity index is 211. The standard InChI is InChI=1S/C5H9BN2O2/c1-2-8-4-5(3-7-8)6(9)10/h3-4,9-10H,2H2,1H3. The van der Waals surface area contributed by atoms with Crippen molar-refractivity contribution in [1.29, 1.82) is 0 Å². The summed E-state index contributed by atoms with van der Waals surface area (Å²) in [4.78, 5) is 0. The highest BCUT2D eigenvalue weighted by Gasteiger charge is 2.11. The molecule has 0 fully saturated rings. The number of nitrogens with zero attached hydrogens (tertiary/aromatic N) is 2. The molecule has 0 unspecified atom stereocenters. The lowest BCUT2D eigenvalue weighted by Gasteiger charge is -1.91. The van der Waals surface area contributed by atoms with Crippen molar-refractivity contribution >= 4 is 12.6 Å². The maximum Gasteiger partial charge on any atom is 0.491 e. The molecule has 0 aliphatic heterocycles. The number of aryl methyl sites for hydroxylation is 1. The van der Waals surface area contributed by atoms with E-state index in [4.69, 9.17) is 10.0 Å². The summed E-state index contributed by atoms with van der Waals surface area (Å²) in [7, 11) is -1.40. The topological polar surface area (TPSA) is 58.3 Å². The first-order valence-corrected chi connectivity index (χ1v) is 3.12. The van der Waals surface area contributed by atoms with Crippen LogP contribution in [0.4, 0.5) is 0 Å². The third-order valence-corrected chi connectivity index (χ3v) is 1.28. The van der Waals surface area contributed by atoms with E-state index in [0.717, 1.165) is 6.54 Å². The number of aromatic nitrogens is 2. The summed E-state index contributed by atoms with van der Waals surface area (Å²) in [6.45, 7) is 2.67. The van der Waals surface area contributed by atoms with Crippen LogP contribution >= 0.6 is 0 Å². The van der Waals surface area contributed by atoms with Crippen LogP contribution in [0.1, 0.15) is 6.92 Å². The smallest absolute Gasteiger partial charge is 0.423 e. The maximum atomic E-state index is 8.63. The van der Waals surface area contributed by atoms with E-state index in [9.17, 15) is 0 Å². The van der Waals surface area contributed by atoms with Crippen LogP contribution in [0.15, 0.2) is 12.4 Å². The van der Waals surface area contributed by atoms with Crippen molar-refractivity contribution in [2.75, 3.05) is 0 Å². The second kappa shape index (κ2) is 2.85. The van der Waals surface area contributed by atoms with Gasteiger partial charge in [0, 0.05) is 24.4 Å². The molecule has 5 heteroatoms. The second-order valence-electron chi connectivity index (χ2n) is 2.00. The third-order valence-electron chi connectivity index (χ3n) is 1.28. The van der Waals surface area contributed by atoms with Crippen molar-refractivity contribution < 1.29 is 10.0 Å². The van der Waals surface area contributed by atoms with Crippen LogP contribution in [-0.4, -0.2) is 26.9 Å². The molecule has 0 radical (unpaired) electrons. The fourth-order valence-electron chi connectivity index (χ4n) is 0.686. The molecule has 0 amide bonds. The molecule has 0 atom stereocenters. The predicted octanol–water partition coefficient (Wildman–Crippen LogP) is -1.42. The molecule has 0 aromatic carbocycles. The van der Waals surface area contributed by atoms with Crippen molar-refractivity contribution in [3.63, 3.8) is 0 Å². The molecule has 0 bridgehead atoms. The van der Waals surface area contributed by atoms with Gasteiger partial charge in [0.05, 0.1) is 0 Å². The Morgan fingerprint density at radius 3 is 2.70 bits per heavy atom. The Morgan fingerprint density at radius 2 is 2.40 bits per heavy atom. The van der Waals surface area contributed by atoms with Crippen LogP contribution in [0, 0.1) is 0 Å². The molecule has 10 heavy (non-hydrogen) atoms. The Hall–Kier alpha value is -0.805. The molecular weight excluding hydrogens is 131 g/mol. The van der Waals surface area contributed by atoms with Crippen molar-refractivity contribution in [1.82, 2.24) is 9.78 Å². The first-order valence-electron chi connectivity index (χ1n) is 3.12. The van der Waals surface area contributed by atoms with E-state index in [-0.39, 0.29) is 0 Å². The van der Waals surface area contributed by atoms with Crippen LogP contribution in [-0.2, 0) is 6.54 Å². The van der Waals surface area contributed by atoms with Gasteiger partial charge in [0.1, 0.15) is 0 Å². The number of rotatable bonds is 2. The molecule has 1 rings (SSSR count). The highest BCUT2D eigenvalue weighted by atomic mass is 16.4. The van der Waals surface area contributed by atoms with Crippen molar-refractivity contribution in [3.05, 3.63) is 12.4 Å². The first kappa shape index (κ1) is 7.30. The molecule has 0 saturated carbocycles. The van der Waals surface area contributed by atoms with Gasteiger partial charge < -0.3 is 10.0 Å². The second-order valence-corrected chi connectivity index (χ2v) is 2.00. The monoisotopic (exact) mass is 140 g/mol. The van der Waals surface area contributed by atoms with Gasteiger partial charge in [-0.2, -0.15) is 5.10 Å². The zero-order valence-corrected chi connectivity index (χ0v) is 5.73. The summed E-state index contributed by atoms with van der Waals surface area (Å²) in [5.41, 5.74) is 0.432. The molecule has 1 aromatic rings. The van der Waals surface area contributed by atoms with Crippen LogP contribution in [0.5, 0.6) is 0 Å². The molecule has 0 spiro atoms. The summed E-state index contributed by atoms with van der Waals surface area (Å²) in [5.74, 6) is 0. The van der Waals surface area contributed by atoms with Crippen LogP contribution < -0.4 is 5.46 Å². The van der Waals surface area contributed by atoms with Gasteiger partial charge in [-0.05, 0) is 6.92 Å². The van der Waals surface area contributed by atoms with Gasteiger partial charge in [-0.25, -0.2) is 0 Å². The zero-order chi connectivity index (χ0) is 7.56. The van der Waals surface area contributed by atoms with Crippen LogP contribution in [0.3, 0.4) is 0 Å². The number of hydrogen-bond donors (Lipinski definition) is 2. The molecule has 4 nitrogen and oxygen atoms in total. The van der Waals surface area contributed by atoms with E-state index in [1.54, 1.807) is 10.9 Å². The Morgan fingerprint density at radius 1 is 1.70 bits per heavy atom. The van der Waals surface area contributed by atoms with Crippen LogP contribution in [0.2, 0.25) is 0 Å². The van der Waals surface area contributed by atoms with Gasteiger partial charge in [0.25, 0.3) is 0 Å². The summed E-state index contributed by atoms with van der Waals surface area (Å²) >= 11 is 0. The molecule has 1 heterocycles. The molecule has 2 N–H and O–H groups in total. The van der Waals surface area contributed by atoms with E-state index in [1.165, 1.54) is 6.20 Å². The average molecular weight is 140 g/mol. The van der Waals surface area contributed by atoms with Gasteiger partial charge in [0.2, 0.25) is 0 Å². The predicted molar refractivity (Wildman–Crippen MR) is 37.7 cm³/mol. The molecule has 54 valence electrons. The lowest BCUT2D eigenvalue weighted by molar-refractivity contribution is 0.425. The normalized spacial score (nSPS) is 9.90. The van der Waals surface area contributed by atoms with Crippen molar-refractivity contribution in [3.8, 4) is 0 Å². The minimum Gasteiger partial charge on any atom is -0.423 e. The van der Waals surface area contributed by atoms with E-state index in [0.29, 0.717) is 5.46 Å². The molecule has 0 aliphatic rings. The largest absolute Gasteiger partial charge is 0.491 e. The van der Waals surface area contributed by atoms with Gasteiger partial charge in [0.15, 0.2) is 0 Å². The first-order chi connectivity index (χ1) is 4.74. The highest BCUT2D eigenvalue weighted by Crippen LogP contribution is 1.81. The quantitative estimate of drug-likeness (QED) is 0.495. The summed E-state index contributed by atoms with van der Waals surface area (Å²) < 4.78 is 1.63. The van der Waals surface area contributed by atoms with Gasteiger partial charge in [-0.1, -0.05) is 0 Å². The lowest BCUT2D eigenvalue weighted by atomic mass is 9.83. The van der Waals surface area contributed by atoms with E-state index in [2.05, 4.69) is 5.10 Å². The SMILES string of the molecule is CCn1cc(B(O)O)cn1. The highest BCUT2D eigenvalue weighted by molar-refractivity contribution is 6.58. The fourth-order valence-corrected chi connectivity index (χ4v) is 0.686. The minimum atomic E-state index is -1.40. The summed E-state index contributed by atoms with van der Waals surface area (Å²) in [6, 6.07) is 0. The van der Waals surface area contributed by atoms with Crippen molar-refractivity contribution in [2.24, 2.45) is 0 Å². The minimum absolute atomic E-state index is 0.432. The van der Waals surface area contributed by atoms with Gasteiger partial charge in [-0.3, -0.25) is 4.68 Å². The number of hydrogen-bond acceptors (Lipinski definition) is 3. The van der Waals surface area contributed by atoms with Gasteiger partial charge >= 0.3 is 7.12 Å². The summed E-state index contributed by atoms with van der Waals surface area (Å²) in [6.07, 6.45) is 3.04. The van der Waals surface area contributed by atoms with Crippen LogP contribution in [0.25, 0.3) is 0 Å². The molecule has 0 saturated heterocycles.